The first-order valence-corrected chi connectivity index (χ1v) is 8.89. The molecule has 0 aliphatic carbocycles. The molecule has 1 atom stereocenters. The van der Waals surface area contributed by atoms with E-state index in [0.29, 0.717) is 11.8 Å². The first kappa shape index (κ1) is 17.0. The summed E-state index contributed by atoms with van der Waals surface area (Å²) in [5.74, 6) is 1.99. The van der Waals surface area contributed by atoms with Crippen LogP contribution in [0, 0.1) is 0 Å². The topological polar surface area (TPSA) is 85.2 Å². The molecular formula is C18H24N6O2. The molecule has 3 aliphatic rings. The summed E-state index contributed by atoms with van der Waals surface area (Å²) in [4.78, 5) is 11.2. The SMILES string of the molecule is COC1CCN(C2=CC=CC3=NC(Nc4ccnc(CO)c4)NN23)CC1. The van der Waals surface area contributed by atoms with Gasteiger partial charge in [-0.05, 0) is 37.1 Å². The van der Waals surface area contributed by atoms with Crippen molar-refractivity contribution in [2.24, 2.45) is 4.99 Å². The molecule has 0 radical (unpaired) electrons. The summed E-state index contributed by atoms with van der Waals surface area (Å²) in [6, 6.07) is 3.68. The number of aromatic nitrogens is 1. The highest BCUT2D eigenvalue weighted by atomic mass is 16.5. The van der Waals surface area contributed by atoms with Crippen molar-refractivity contribution in [1.29, 1.82) is 0 Å². The first-order valence-electron chi connectivity index (χ1n) is 8.89. The van der Waals surface area contributed by atoms with E-state index in [1.54, 1.807) is 13.3 Å². The summed E-state index contributed by atoms with van der Waals surface area (Å²) in [5, 5.41) is 14.6. The number of piperidine rings is 1. The van der Waals surface area contributed by atoms with Crippen molar-refractivity contribution in [2.75, 3.05) is 25.5 Å². The predicted octanol–water partition coefficient (Wildman–Crippen LogP) is 1.01. The number of ether oxygens (including phenoxy) is 1. The lowest BCUT2D eigenvalue weighted by atomic mass is 10.1. The van der Waals surface area contributed by atoms with Crippen LogP contribution in [-0.4, -0.2) is 58.4 Å². The molecule has 0 bridgehead atoms. The van der Waals surface area contributed by atoms with Gasteiger partial charge in [0.05, 0.1) is 18.4 Å². The quantitative estimate of drug-likeness (QED) is 0.726. The van der Waals surface area contributed by atoms with Crippen molar-refractivity contribution >= 4 is 11.5 Å². The van der Waals surface area contributed by atoms with Crippen LogP contribution in [0.2, 0.25) is 0 Å². The number of nitrogens with zero attached hydrogens (tertiary/aromatic N) is 4. The number of aliphatic hydroxyl groups is 1. The lowest BCUT2D eigenvalue weighted by molar-refractivity contribution is 0.0426. The van der Waals surface area contributed by atoms with Gasteiger partial charge in [-0.2, -0.15) is 5.43 Å². The van der Waals surface area contributed by atoms with Crippen LogP contribution in [0.25, 0.3) is 0 Å². The molecule has 8 nitrogen and oxygen atoms in total. The number of hydrogen-bond acceptors (Lipinski definition) is 8. The fourth-order valence-corrected chi connectivity index (χ4v) is 3.45. The molecule has 1 unspecified atom stereocenters. The van der Waals surface area contributed by atoms with Crippen LogP contribution < -0.4 is 10.7 Å². The van der Waals surface area contributed by atoms with Crippen LogP contribution in [0.3, 0.4) is 0 Å². The van der Waals surface area contributed by atoms with Crippen LogP contribution in [0.1, 0.15) is 18.5 Å². The second-order valence-electron chi connectivity index (χ2n) is 6.50. The number of hydrogen-bond donors (Lipinski definition) is 3. The van der Waals surface area contributed by atoms with E-state index in [0.717, 1.165) is 43.3 Å². The van der Waals surface area contributed by atoms with Crippen LogP contribution in [0.5, 0.6) is 0 Å². The van der Waals surface area contributed by atoms with Crippen molar-refractivity contribution in [3.63, 3.8) is 0 Å². The minimum atomic E-state index is -0.276. The Kier molecular flexibility index (Phi) is 4.87. The summed E-state index contributed by atoms with van der Waals surface area (Å²) in [6.07, 6.45) is 9.95. The van der Waals surface area contributed by atoms with E-state index in [9.17, 15) is 5.11 Å². The number of nitrogens with one attached hydrogen (secondary N) is 2. The predicted molar refractivity (Wildman–Crippen MR) is 98.8 cm³/mol. The van der Waals surface area contributed by atoms with E-state index in [1.165, 1.54) is 0 Å². The molecular weight excluding hydrogens is 332 g/mol. The Labute approximate surface area is 152 Å². The Morgan fingerprint density at radius 2 is 2.23 bits per heavy atom. The van der Waals surface area contributed by atoms with Crippen LogP contribution in [0.15, 0.2) is 47.4 Å². The van der Waals surface area contributed by atoms with Crippen molar-refractivity contribution < 1.29 is 9.84 Å². The van der Waals surface area contributed by atoms with E-state index in [1.807, 2.05) is 29.3 Å². The zero-order valence-corrected chi connectivity index (χ0v) is 14.8. The molecule has 0 spiro atoms. The highest BCUT2D eigenvalue weighted by Crippen LogP contribution is 2.24. The van der Waals surface area contributed by atoms with Crippen LogP contribution in [0.4, 0.5) is 5.69 Å². The fourth-order valence-electron chi connectivity index (χ4n) is 3.45. The molecule has 1 aromatic rings. The maximum atomic E-state index is 9.23. The molecule has 138 valence electrons. The minimum Gasteiger partial charge on any atom is -0.390 e. The molecule has 1 aromatic heterocycles. The number of allylic oxidation sites excluding steroid dienone is 2. The zero-order valence-electron chi connectivity index (χ0n) is 14.8. The standard InChI is InChI=1S/C18H24N6O2/c1-26-15-6-9-23(10-7-15)17-4-2-3-16-21-18(22-24(16)17)20-13-5-8-19-14(11-13)12-25/h2-5,8,11,15,18,22,25H,6-7,9-10,12H2,1H3,(H,19,20). The van der Waals surface area contributed by atoms with E-state index >= 15 is 0 Å². The molecule has 3 aliphatic heterocycles. The van der Waals surface area contributed by atoms with Gasteiger partial charge in [-0.1, -0.05) is 6.08 Å². The number of hydrazine groups is 1. The Hall–Kier alpha value is -2.42. The highest BCUT2D eigenvalue weighted by Gasteiger charge is 2.31. The highest BCUT2D eigenvalue weighted by molar-refractivity contribution is 5.96. The van der Waals surface area contributed by atoms with Gasteiger partial charge in [-0.25, -0.2) is 10.0 Å². The molecule has 1 saturated heterocycles. The third-order valence-electron chi connectivity index (χ3n) is 4.84. The Morgan fingerprint density at radius 3 is 3.00 bits per heavy atom. The van der Waals surface area contributed by atoms with Gasteiger partial charge < -0.3 is 20.1 Å². The summed E-state index contributed by atoms with van der Waals surface area (Å²) >= 11 is 0. The van der Waals surface area contributed by atoms with E-state index in [-0.39, 0.29) is 12.9 Å². The normalized spacial score (nSPS) is 22.9. The average molecular weight is 356 g/mol. The number of aliphatic imine (C=N–C) groups is 1. The number of methoxy groups -OCH3 is 1. The Bertz CT molecular complexity index is 739. The molecule has 0 saturated carbocycles. The number of aliphatic hydroxyl groups excluding tert-OH is 1. The molecule has 8 heteroatoms. The molecule has 3 N–H and O–H groups in total. The molecule has 1 fully saturated rings. The summed E-state index contributed by atoms with van der Waals surface area (Å²) < 4.78 is 5.47. The Balaban J connectivity index is 1.43. The summed E-state index contributed by atoms with van der Waals surface area (Å²) in [5.41, 5.74) is 4.88. The summed E-state index contributed by atoms with van der Waals surface area (Å²) in [6.45, 7) is 1.85. The Morgan fingerprint density at radius 1 is 1.38 bits per heavy atom. The van der Waals surface area contributed by atoms with Gasteiger partial charge in [0.25, 0.3) is 0 Å². The van der Waals surface area contributed by atoms with Gasteiger partial charge in [0.15, 0.2) is 6.29 Å². The zero-order chi connectivity index (χ0) is 17.9. The van der Waals surface area contributed by atoms with E-state index in [2.05, 4.69) is 26.7 Å². The van der Waals surface area contributed by atoms with Gasteiger partial charge in [-0.15, -0.1) is 0 Å². The first-order chi connectivity index (χ1) is 12.8. The second kappa shape index (κ2) is 7.45. The van der Waals surface area contributed by atoms with E-state index < -0.39 is 0 Å². The number of rotatable bonds is 5. The van der Waals surface area contributed by atoms with Crippen molar-refractivity contribution in [3.05, 3.63) is 48.1 Å². The minimum absolute atomic E-state index is 0.0820. The van der Waals surface area contributed by atoms with E-state index in [4.69, 9.17) is 9.73 Å². The van der Waals surface area contributed by atoms with Crippen molar-refractivity contribution in [1.82, 2.24) is 20.3 Å². The maximum Gasteiger partial charge on any atom is 0.193 e. The molecule has 26 heavy (non-hydrogen) atoms. The van der Waals surface area contributed by atoms with Gasteiger partial charge >= 0.3 is 0 Å². The monoisotopic (exact) mass is 356 g/mol. The maximum absolute atomic E-state index is 9.23. The smallest absolute Gasteiger partial charge is 0.193 e. The molecule has 4 heterocycles. The average Bonchev–Trinajstić information content (AvgIpc) is 3.10. The lowest BCUT2D eigenvalue weighted by Gasteiger charge is -2.38. The number of amidine groups is 1. The number of likely N-dealkylation sites (tertiary alicyclic amines) is 1. The number of fused-ring (bicyclic) bond motifs is 1. The fraction of sp³-hybridized carbons (Fsp3) is 0.444. The largest absolute Gasteiger partial charge is 0.390 e. The lowest BCUT2D eigenvalue weighted by Crippen LogP contribution is -2.49. The third-order valence-corrected chi connectivity index (χ3v) is 4.84. The van der Waals surface area contributed by atoms with Gasteiger partial charge in [-0.3, -0.25) is 4.98 Å². The molecule has 0 amide bonds. The summed E-state index contributed by atoms with van der Waals surface area (Å²) in [7, 11) is 1.79. The van der Waals surface area contributed by atoms with Crippen LogP contribution >= 0.6 is 0 Å². The second-order valence-corrected chi connectivity index (χ2v) is 6.50. The molecule has 4 rings (SSSR count). The van der Waals surface area contributed by atoms with Gasteiger partial charge in [0, 0.05) is 32.1 Å². The number of pyridine rings is 1. The third kappa shape index (κ3) is 3.44. The van der Waals surface area contributed by atoms with Crippen molar-refractivity contribution in [2.45, 2.75) is 31.8 Å². The number of anilines is 1. The van der Waals surface area contributed by atoms with Gasteiger partial charge in [0.2, 0.25) is 0 Å². The van der Waals surface area contributed by atoms with Gasteiger partial charge in [0.1, 0.15) is 11.7 Å². The van der Waals surface area contributed by atoms with Crippen LogP contribution in [-0.2, 0) is 11.3 Å². The molecule has 0 aromatic carbocycles. The van der Waals surface area contributed by atoms with Crippen molar-refractivity contribution in [3.8, 4) is 0 Å².